The summed E-state index contributed by atoms with van der Waals surface area (Å²) in [5.41, 5.74) is 4.60. The van der Waals surface area contributed by atoms with Crippen LogP contribution in [0.2, 0.25) is 5.15 Å². The van der Waals surface area contributed by atoms with Crippen LogP contribution in [-0.4, -0.2) is 28.3 Å². The maximum atomic E-state index is 10.3. The van der Waals surface area contributed by atoms with Gasteiger partial charge in [-0.05, 0) is 17.6 Å². The topological polar surface area (TPSA) is 98.9 Å². The van der Waals surface area contributed by atoms with E-state index in [1.165, 1.54) is 19.4 Å². The first-order valence-electron chi connectivity index (χ1n) is 4.04. The average molecular weight is 247 g/mol. The number of hydrogen-bond acceptors (Lipinski definition) is 4. The molecule has 0 bridgehead atoms. The summed E-state index contributed by atoms with van der Waals surface area (Å²) < 4.78 is 0. The zero-order chi connectivity index (χ0) is 12.0. The number of guanidine groups is 1. The van der Waals surface area contributed by atoms with Crippen molar-refractivity contribution >= 4 is 23.2 Å². The fourth-order valence-corrected chi connectivity index (χ4v) is 0.933. The zero-order valence-electron chi connectivity index (χ0n) is 8.22. The van der Waals surface area contributed by atoms with Gasteiger partial charge in [-0.3, -0.25) is 4.84 Å². The van der Waals surface area contributed by atoms with E-state index in [1.807, 2.05) is 5.43 Å². The van der Waals surface area contributed by atoms with E-state index in [9.17, 15) is 4.91 Å². The minimum absolute atomic E-state index is 0.107. The normalized spacial score (nSPS) is 11.0. The van der Waals surface area contributed by atoms with Crippen LogP contribution in [0, 0.1) is 4.91 Å². The Kier molecular flexibility index (Phi) is 4.42. The maximum absolute atomic E-state index is 10.3. The lowest BCUT2D eigenvalue weighted by Gasteiger charge is -2.01. The number of nitrogens with one attached hydrogen (secondary N) is 2. The second-order valence-electron chi connectivity index (χ2n) is 2.49. The number of halogens is 1. The Morgan fingerprint density at radius 2 is 2.44 bits per heavy atom. The van der Waals surface area contributed by atoms with Gasteiger partial charge in [-0.15, -0.1) is 0 Å². The second-order valence-corrected chi connectivity index (χ2v) is 2.88. The first kappa shape index (κ1) is 12.1. The molecule has 0 saturated heterocycles. The lowest BCUT2D eigenvalue weighted by molar-refractivity contribution is -0.822. The number of hydroxylamine groups is 1. The third-order valence-corrected chi connectivity index (χ3v) is 1.58. The standard InChI is InChI=1S/C7H9ClN5O3/c1-16-12-7(11-13(14)15)10-5-2-3-6(8)9-4-5/h2-4H,1H3,(H,14,15)(H2,10,11,12)/q+1. The van der Waals surface area contributed by atoms with Crippen LogP contribution < -0.4 is 10.9 Å². The van der Waals surface area contributed by atoms with Crippen molar-refractivity contribution in [2.24, 2.45) is 4.99 Å². The highest BCUT2D eigenvalue weighted by Gasteiger charge is 2.09. The summed E-state index contributed by atoms with van der Waals surface area (Å²) >= 11 is 5.58. The molecule has 0 atom stereocenters. The fourth-order valence-electron chi connectivity index (χ4n) is 0.821. The molecule has 1 rings (SSSR count). The van der Waals surface area contributed by atoms with Gasteiger partial charge in [-0.1, -0.05) is 11.6 Å². The third kappa shape index (κ3) is 4.07. The first-order chi connectivity index (χ1) is 7.61. The van der Waals surface area contributed by atoms with E-state index in [-0.39, 0.29) is 5.96 Å². The third-order valence-electron chi connectivity index (χ3n) is 1.35. The van der Waals surface area contributed by atoms with Gasteiger partial charge in [0.05, 0.1) is 19.0 Å². The molecule has 0 saturated carbocycles. The minimum Gasteiger partial charge on any atom is -0.277 e. The van der Waals surface area contributed by atoms with Gasteiger partial charge in [-0.25, -0.2) is 20.7 Å². The highest BCUT2D eigenvalue weighted by Crippen LogP contribution is 2.12. The van der Waals surface area contributed by atoms with Crippen molar-refractivity contribution in [2.45, 2.75) is 0 Å². The predicted molar refractivity (Wildman–Crippen MR) is 55.0 cm³/mol. The van der Waals surface area contributed by atoms with Crippen LogP contribution in [-0.2, 0) is 4.84 Å². The van der Waals surface area contributed by atoms with Crippen LogP contribution in [0.1, 0.15) is 0 Å². The second kappa shape index (κ2) is 5.83. The number of pyridine rings is 1. The average Bonchev–Trinajstić information content (AvgIpc) is 2.21. The van der Waals surface area contributed by atoms with Crippen molar-refractivity contribution in [3.05, 3.63) is 28.4 Å². The van der Waals surface area contributed by atoms with E-state index in [0.717, 1.165) is 0 Å². The molecule has 0 spiro atoms. The monoisotopic (exact) mass is 246 g/mol. The molecule has 1 aromatic rings. The summed E-state index contributed by atoms with van der Waals surface area (Å²) in [6, 6.07) is 3.10. The smallest absolute Gasteiger partial charge is 0.277 e. The van der Waals surface area contributed by atoms with Crippen molar-refractivity contribution in [1.82, 2.24) is 15.9 Å². The van der Waals surface area contributed by atoms with Gasteiger partial charge in [0.1, 0.15) is 10.1 Å². The van der Waals surface area contributed by atoms with Gasteiger partial charge >= 0.3 is 5.03 Å². The van der Waals surface area contributed by atoms with E-state index in [0.29, 0.717) is 10.8 Å². The lowest BCUT2D eigenvalue weighted by atomic mass is 10.4. The Bertz CT molecular complexity index is 394. The lowest BCUT2D eigenvalue weighted by Crippen LogP contribution is -2.40. The summed E-state index contributed by atoms with van der Waals surface area (Å²) in [7, 11) is 1.32. The number of nitrogens with zero attached hydrogens (tertiary/aromatic N) is 3. The van der Waals surface area contributed by atoms with E-state index in [1.54, 1.807) is 6.07 Å². The maximum Gasteiger partial charge on any atom is 0.362 e. The highest BCUT2D eigenvalue weighted by atomic mass is 35.5. The van der Waals surface area contributed by atoms with Crippen LogP contribution in [0.25, 0.3) is 0 Å². The number of aliphatic imine (C=N–C) groups is 1. The van der Waals surface area contributed by atoms with E-state index < -0.39 is 5.03 Å². The van der Waals surface area contributed by atoms with Crippen LogP contribution in [0.5, 0.6) is 0 Å². The molecule has 0 amide bonds. The van der Waals surface area contributed by atoms with Crippen LogP contribution in [0.3, 0.4) is 0 Å². The van der Waals surface area contributed by atoms with E-state index in [2.05, 4.69) is 20.3 Å². The Labute approximate surface area is 95.4 Å². The van der Waals surface area contributed by atoms with Crippen LogP contribution in [0.4, 0.5) is 5.69 Å². The number of aromatic nitrogens is 1. The molecule has 0 unspecified atom stereocenters. The summed E-state index contributed by atoms with van der Waals surface area (Å²) in [6.45, 7) is 0. The molecule has 1 heterocycles. The molecule has 1 aromatic heterocycles. The quantitative estimate of drug-likeness (QED) is 0.312. The van der Waals surface area contributed by atoms with E-state index in [4.69, 9.17) is 16.8 Å². The molecular formula is C7H9ClN5O3+. The Balaban J connectivity index is 2.83. The molecule has 16 heavy (non-hydrogen) atoms. The molecule has 86 valence electrons. The summed E-state index contributed by atoms with van der Waals surface area (Å²) in [4.78, 5) is 22.5. The molecule has 9 heteroatoms. The Hall–Kier alpha value is -1.93. The number of hydrazine groups is 1. The summed E-state index contributed by atoms with van der Waals surface area (Å²) in [5.74, 6) is -0.107. The molecule has 0 radical (unpaired) electrons. The predicted octanol–water partition coefficient (Wildman–Crippen LogP) is 0.546. The van der Waals surface area contributed by atoms with Gasteiger partial charge in [-0.2, -0.15) is 0 Å². The highest BCUT2D eigenvalue weighted by molar-refractivity contribution is 6.29. The molecule has 0 aliphatic rings. The van der Waals surface area contributed by atoms with Gasteiger partial charge in [0, 0.05) is 0 Å². The first-order valence-corrected chi connectivity index (χ1v) is 4.41. The molecule has 0 fully saturated rings. The minimum atomic E-state index is -0.520. The fraction of sp³-hybridized carbons (Fsp3) is 0.143. The number of hydrogen-bond donors (Lipinski definition) is 3. The molecule has 0 aliphatic carbocycles. The van der Waals surface area contributed by atoms with Crippen molar-refractivity contribution in [3.63, 3.8) is 0 Å². The molecule has 0 aromatic carbocycles. The van der Waals surface area contributed by atoms with Gasteiger partial charge in [0.2, 0.25) is 0 Å². The molecule has 8 nitrogen and oxygen atoms in total. The number of rotatable bonds is 3. The Morgan fingerprint density at radius 1 is 1.69 bits per heavy atom. The van der Waals surface area contributed by atoms with Crippen molar-refractivity contribution < 1.29 is 15.1 Å². The van der Waals surface area contributed by atoms with Crippen molar-refractivity contribution in [2.75, 3.05) is 7.11 Å². The van der Waals surface area contributed by atoms with Gasteiger partial charge in [0.25, 0.3) is 5.96 Å². The molecular weight excluding hydrogens is 238 g/mol. The largest absolute Gasteiger partial charge is 0.362 e. The molecule has 0 aliphatic heterocycles. The van der Waals surface area contributed by atoms with Crippen LogP contribution >= 0.6 is 11.6 Å². The summed E-state index contributed by atoms with van der Waals surface area (Å²) in [6.07, 6.45) is 1.38. The van der Waals surface area contributed by atoms with Gasteiger partial charge < -0.3 is 0 Å². The zero-order valence-corrected chi connectivity index (χ0v) is 8.97. The SMILES string of the molecule is CONC(=Nc1ccc(Cl)nc1)N[N+](=O)O. The van der Waals surface area contributed by atoms with Crippen LogP contribution in [0.15, 0.2) is 23.3 Å². The van der Waals surface area contributed by atoms with Gasteiger partial charge in [0.15, 0.2) is 0 Å². The van der Waals surface area contributed by atoms with E-state index >= 15 is 0 Å². The van der Waals surface area contributed by atoms with Crippen molar-refractivity contribution in [1.29, 1.82) is 0 Å². The molecule has 3 N–H and O–H groups in total. The Morgan fingerprint density at radius 3 is 2.94 bits per heavy atom. The summed E-state index contributed by atoms with van der Waals surface area (Å²) in [5, 5.41) is 8.23. The van der Waals surface area contributed by atoms with Crippen molar-refractivity contribution in [3.8, 4) is 0 Å².